The molecule has 1 aliphatic rings. The van der Waals surface area contributed by atoms with Gasteiger partial charge >= 0.3 is 6.09 Å². The Morgan fingerprint density at radius 1 is 1.47 bits per heavy atom. The third-order valence-corrected chi connectivity index (χ3v) is 2.42. The molecule has 1 aromatic carbocycles. The zero-order valence-electron chi connectivity index (χ0n) is 8.79. The van der Waals surface area contributed by atoms with E-state index in [-0.39, 0.29) is 24.1 Å². The number of nitro benzene ring substituents is 1. The lowest BCUT2D eigenvalue weighted by Crippen LogP contribution is -2.35. The van der Waals surface area contributed by atoms with Gasteiger partial charge in [-0.1, -0.05) is 12.1 Å². The zero-order valence-corrected chi connectivity index (χ0v) is 9.61. The van der Waals surface area contributed by atoms with E-state index in [4.69, 9.17) is 4.74 Å². The van der Waals surface area contributed by atoms with Crippen molar-refractivity contribution in [1.82, 2.24) is 5.32 Å². The van der Waals surface area contributed by atoms with E-state index in [0.29, 0.717) is 13.0 Å². The fourth-order valence-corrected chi connectivity index (χ4v) is 1.63. The Morgan fingerprint density at radius 3 is 2.88 bits per heavy atom. The number of cyclic esters (lactones) is 1. The number of nitrogens with zero attached hydrogens (tertiary/aromatic N) is 1. The minimum Gasteiger partial charge on any atom is -0.449 e. The number of nitrogens with one attached hydrogen (secondary N) is 1. The molecule has 1 N–H and O–H groups in total. The summed E-state index contributed by atoms with van der Waals surface area (Å²) >= 11 is 0. The summed E-state index contributed by atoms with van der Waals surface area (Å²) in [5.74, 6) is 0. The van der Waals surface area contributed by atoms with Crippen LogP contribution in [0.3, 0.4) is 0 Å². The molecule has 92 valence electrons. The molecule has 17 heavy (non-hydrogen) atoms. The molecule has 7 heteroatoms. The summed E-state index contributed by atoms with van der Waals surface area (Å²) in [7, 11) is 0. The van der Waals surface area contributed by atoms with E-state index in [1.807, 2.05) is 0 Å². The second-order valence-electron chi connectivity index (χ2n) is 3.47. The Hall–Kier alpha value is -1.82. The topological polar surface area (TPSA) is 81.5 Å². The van der Waals surface area contributed by atoms with Gasteiger partial charge < -0.3 is 10.1 Å². The highest BCUT2D eigenvalue weighted by Crippen LogP contribution is 2.23. The number of carbonyl (C=O) groups excluding carboxylic acids is 1. The second-order valence-corrected chi connectivity index (χ2v) is 3.47. The number of hydrogen-bond acceptors (Lipinski definition) is 4. The molecule has 0 aromatic heterocycles. The molecule has 1 saturated heterocycles. The summed E-state index contributed by atoms with van der Waals surface area (Å²) in [5, 5.41) is 13.2. The number of halogens is 1. The van der Waals surface area contributed by atoms with Crippen molar-refractivity contribution in [1.29, 1.82) is 0 Å². The first kappa shape index (κ1) is 13.2. The molecular weight excluding hydrogens is 248 g/mol. The molecule has 1 aromatic rings. The molecule has 2 rings (SSSR count). The first-order valence-corrected chi connectivity index (χ1v) is 4.84. The number of benzene rings is 1. The van der Waals surface area contributed by atoms with Crippen LogP contribution in [0.1, 0.15) is 18.0 Å². The number of ether oxygens (including phenoxy) is 1. The van der Waals surface area contributed by atoms with Gasteiger partial charge in [-0.3, -0.25) is 10.1 Å². The van der Waals surface area contributed by atoms with Crippen LogP contribution < -0.4 is 5.32 Å². The molecule has 0 aliphatic carbocycles. The summed E-state index contributed by atoms with van der Waals surface area (Å²) in [6, 6.07) is 6.04. The monoisotopic (exact) mass is 258 g/mol. The van der Waals surface area contributed by atoms with Crippen molar-refractivity contribution in [2.24, 2.45) is 0 Å². The molecule has 1 aliphatic heterocycles. The predicted molar refractivity (Wildman–Crippen MR) is 62.2 cm³/mol. The largest absolute Gasteiger partial charge is 0.449 e. The van der Waals surface area contributed by atoms with Crippen LogP contribution in [0.25, 0.3) is 0 Å². The molecule has 1 heterocycles. The Labute approximate surface area is 104 Å². The van der Waals surface area contributed by atoms with Gasteiger partial charge in [-0.25, -0.2) is 4.79 Å². The maximum Gasteiger partial charge on any atom is 0.407 e. The van der Waals surface area contributed by atoms with E-state index in [1.165, 1.54) is 12.1 Å². The lowest BCUT2D eigenvalue weighted by Gasteiger charge is -2.23. The quantitative estimate of drug-likeness (QED) is 0.651. The molecule has 1 atom stereocenters. The lowest BCUT2D eigenvalue weighted by atomic mass is 10.0. The second kappa shape index (κ2) is 5.49. The van der Waals surface area contributed by atoms with Gasteiger partial charge in [-0.15, -0.1) is 12.4 Å². The number of carbonyl (C=O) groups is 1. The molecule has 1 amide bonds. The smallest absolute Gasteiger partial charge is 0.407 e. The fraction of sp³-hybridized carbons (Fsp3) is 0.300. The van der Waals surface area contributed by atoms with E-state index in [9.17, 15) is 14.9 Å². The van der Waals surface area contributed by atoms with E-state index < -0.39 is 11.0 Å². The van der Waals surface area contributed by atoms with Gasteiger partial charge in [-0.2, -0.15) is 0 Å². The van der Waals surface area contributed by atoms with Gasteiger partial charge in [0.2, 0.25) is 0 Å². The van der Waals surface area contributed by atoms with Crippen molar-refractivity contribution in [2.75, 3.05) is 6.61 Å². The van der Waals surface area contributed by atoms with E-state index in [1.54, 1.807) is 12.1 Å². The van der Waals surface area contributed by atoms with Crippen molar-refractivity contribution < 1.29 is 14.5 Å². The summed E-state index contributed by atoms with van der Waals surface area (Å²) in [4.78, 5) is 21.1. The third-order valence-electron chi connectivity index (χ3n) is 2.42. The number of amides is 1. The Morgan fingerprint density at radius 2 is 2.24 bits per heavy atom. The third kappa shape index (κ3) is 3.07. The first-order valence-electron chi connectivity index (χ1n) is 4.84. The number of rotatable bonds is 2. The molecule has 0 radical (unpaired) electrons. The summed E-state index contributed by atoms with van der Waals surface area (Å²) < 4.78 is 4.72. The van der Waals surface area contributed by atoms with Crippen molar-refractivity contribution in [3.8, 4) is 0 Å². The van der Waals surface area contributed by atoms with Crippen LogP contribution in [0.5, 0.6) is 0 Å². The van der Waals surface area contributed by atoms with Crippen LogP contribution in [0.2, 0.25) is 0 Å². The van der Waals surface area contributed by atoms with Crippen LogP contribution in [0, 0.1) is 10.1 Å². The van der Waals surface area contributed by atoms with Crippen LogP contribution >= 0.6 is 12.4 Å². The van der Waals surface area contributed by atoms with Crippen molar-refractivity contribution in [2.45, 2.75) is 12.5 Å². The maximum absolute atomic E-state index is 11.0. The number of non-ortho nitro benzene ring substituents is 1. The predicted octanol–water partition coefficient (Wildman–Crippen LogP) is 2.19. The van der Waals surface area contributed by atoms with Crippen molar-refractivity contribution >= 4 is 24.2 Å². The van der Waals surface area contributed by atoms with Gasteiger partial charge in [0, 0.05) is 18.6 Å². The Kier molecular flexibility index (Phi) is 4.28. The molecule has 1 fully saturated rings. The maximum atomic E-state index is 11.0. The standard InChI is InChI=1S/C10H10N2O4.ClH/c13-10-11-9(4-5-16-10)7-2-1-3-8(6-7)12(14)15;/h1-3,6,9H,4-5H2,(H,11,13);1H/t9-;/m1./s1. The highest BCUT2D eigenvalue weighted by molar-refractivity contribution is 5.85. The summed E-state index contributed by atoms with van der Waals surface area (Å²) in [6.07, 6.45) is 0.134. The van der Waals surface area contributed by atoms with Gasteiger partial charge in [0.05, 0.1) is 17.6 Å². The van der Waals surface area contributed by atoms with E-state index >= 15 is 0 Å². The Bertz CT molecular complexity index is 438. The summed E-state index contributed by atoms with van der Waals surface area (Å²) in [5.41, 5.74) is 0.754. The molecule has 6 nitrogen and oxygen atoms in total. The van der Waals surface area contributed by atoms with Gasteiger partial charge in [0.15, 0.2) is 0 Å². The van der Waals surface area contributed by atoms with Crippen LogP contribution in [-0.2, 0) is 4.74 Å². The lowest BCUT2D eigenvalue weighted by molar-refractivity contribution is -0.384. The number of hydrogen-bond donors (Lipinski definition) is 1. The highest BCUT2D eigenvalue weighted by Gasteiger charge is 2.21. The number of nitro groups is 1. The Balaban J connectivity index is 0.00000144. The van der Waals surface area contributed by atoms with E-state index in [2.05, 4.69) is 5.32 Å². The molecule has 0 spiro atoms. The van der Waals surface area contributed by atoms with Gasteiger partial charge in [0.25, 0.3) is 5.69 Å². The SMILES string of the molecule is Cl.O=C1N[C@@H](c2cccc([N+](=O)[O-])c2)CCO1. The van der Waals surface area contributed by atoms with Crippen LogP contribution in [-0.4, -0.2) is 17.6 Å². The van der Waals surface area contributed by atoms with Crippen LogP contribution in [0.4, 0.5) is 10.5 Å². The average Bonchev–Trinajstić information content (AvgIpc) is 2.29. The van der Waals surface area contributed by atoms with Gasteiger partial charge in [-0.05, 0) is 5.56 Å². The van der Waals surface area contributed by atoms with Crippen molar-refractivity contribution in [3.63, 3.8) is 0 Å². The number of alkyl carbamates (subject to hydrolysis) is 1. The normalized spacial score (nSPS) is 18.6. The average molecular weight is 259 g/mol. The molecular formula is C10H11ClN2O4. The minimum absolute atomic E-state index is 0. The van der Waals surface area contributed by atoms with E-state index in [0.717, 1.165) is 5.56 Å². The van der Waals surface area contributed by atoms with Crippen LogP contribution in [0.15, 0.2) is 24.3 Å². The fourth-order valence-electron chi connectivity index (χ4n) is 1.63. The first-order chi connectivity index (χ1) is 7.66. The molecule has 0 unspecified atom stereocenters. The summed E-state index contributed by atoms with van der Waals surface area (Å²) in [6.45, 7) is 0.333. The van der Waals surface area contributed by atoms with Gasteiger partial charge in [0.1, 0.15) is 0 Å². The minimum atomic E-state index is -0.484. The molecule has 0 bridgehead atoms. The molecule has 0 saturated carbocycles. The van der Waals surface area contributed by atoms with Crippen molar-refractivity contribution in [3.05, 3.63) is 39.9 Å². The zero-order chi connectivity index (χ0) is 11.5. The highest BCUT2D eigenvalue weighted by atomic mass is 35.5.